The minimum Gasteiger partial charge on any atom is -0.744 e. The summed E-state index contributed by atoms with van der Waals surface area (Å²) in [6, 6.07) is 0. The van der Waals surface area contributed by atoms with Crippen molar-refractivity contribution in [1.29, 1.82) is 0 Å². The smallest absolute Gasteiger partial charge is 0.180 e. The van der Waals surface area contributed by atoms with E-state index in [0.717, 1.165) is 0 Å². The van der Waals surface area contributed by atoms with Crippen molar-refractivity contribution < 1.29 is 30.5 Å². The lowest BCUT2D eigenvalue weighted by Gasteiger charge is -2.11. The van der Waals surface area contributed by atoms with Gasteiger partial charge >= 0.3 is 0 Å². The highest BCUT2D eigenvalue weighted by Gasteiger charge is 2.28. The van der Waals surface area contributed by atoms with Gasteiger partial charge < -0.3 is 4.55 Å². The molecule has 1 aromatic carbocycles. The summed E-state index contributed by atoms with van der Waals surface area (Å²) in [4.78, 5) is -0.416. The molecule has 1 rings (SSSR count). The highest BCUT2D eigenvalue weighted by Crippen LogP contribution is 2.32. The van der Waals surface area contributed by atoms with Crippen molar-refractivity contribution in [3.05, 3.63) is 33.7 Å². The van der Waals surface area contributed by atoms with Crippen LogP contribution in [0.15, 0.2) is 10.0 Å². The third kappa shape index (κ3) is 2.16. The van der Waals surface area contributed by atoms with E-state index in [9.17, 15) is 30.5 Å². The second-order valence-electron chi connectivity index (χ2n) is 2.58. The van der Waals surface area contributed by atoms with Crippen molar-refractivity contribution in [1.82, 2.24) is 0 Å². The average molecular weight is 270 g/mol. The molecule has 6 nitrogen and oxygen atoms in total. The molecule has 92 valence electrons. The maximum atomic E-state index is 13.0. The molecule has 0 amide bonds. The number of halogens is 4. The van der Waals surface area contributed by atoms with E-state index in [1.54, 1.807) is 0 Å². The van der Waals surface area contributed by atoms with Crippen LogP contribution >= 0.6 is 0 Å². The van der Waals surface area contributed by atoms with Crippen molar-refractivity contribution in [3.8, 4) is 0 Å². The van der Waals surface area contributed by atoms with Crippen molar-refractivity contribution in [2.24, 2.45) is 5.11 Å². The summed E-state index contributed by atoms with van der Waals surface area (Å²) in [5.74, 6) is -9.42. The minimum atomic E-state index is -5.76. The van der Waals surface area contributed by atoms with Gasteiger partial charge in [0.2, 0.25) is 0 Å². The molecule has 0 aromatic heterocycles. The standard InChI is InChI=1S/C6HF4N3O3S/c7-1-3(9)6(17(14,15)16)4(10)2(8)5(1)12-13-11/h(H,14,15,16)/p-1. The number of rotatable bonds is 2. The minimum absolute atomic E-state index is 1.70. The van der Waals surface area contributed by atoms with E-state index in [4.69, 9.17) is 5.53 Å². The number of hydrogen-bond acceptors (Lipinski definition) is 4. The van der Waals surface area contributed by atoms with Crippen LogP contribution in [-0.2, 0) is 10.1 Å². The number of azide groups is 1. The molecule has 0 N–H and O–H groups in total. The van der Waals surface area contributed by atoms with Crippen LogP contribution in [0.5, 0.6) is 0 Å². The molecule has 0 unspecified atom stereocenters. The van der Waals surface area contributed by atoms with Gasteiger partial charge in [0.15, 0.2) is 23.3 Å². The topological polar surface area (TPSA) is 106 Å². The molecule has 0 aliphatic heterocycles. The second-order valence-corrected chi connectivity index (χ2v) is 3.89. The lowest BCUT2D eigenvalue weighted by molar-refractivity contribution is 0.401. The van der Waals surface area contributed by atoms with Crippen LogP contribution in [0, 0.1) is 23.3 Å². The van der Waals surface area contributed by atoms with Gasteiger partial charge in [-0.05, 0) is 5.53 Å². The molecule has 0 saturated carbocycles. The first-order chi connectivity index (χ1) is 7.71. The fraction of sp³-hybridized carbons (Fsp3) is 0. The van der Waals surface area contributed by atoms with Gasteiger partial charge in [0.1, 0.15) is 20.7 Å². The van der Waals surface area contributed by atoms with Crippen molar-refractivity contribution in [2.75, 3.05) is 0 Å². The highest BCUT2D eigenvalue weighted by molar-refractivity contribution is 7.85. The summed E-state index contributed by atoms with van der Waals surface area (Å²) in [6.45, 7) is 0. The van der Waals surface area contributed by atoms with Gasteiger partial charge in [0.25, 0.3) is 0 Å². The first-order valence-corrected chi connectivity index (χ1v) is 4.99. The van der Waals surface area contributed by atoms with Crippen LogP contribution in [0.4, 0.5) is 23.2 Å². The average Bonchev–Trinajstić information content (AvgIpc) is 2.20. The molecule has 0 spiro atoms. The molecule has 0 saturated heterocycles. The van der Waals surface area contributed by atoms with Crippen molar-refractivity contribution in [3.63, 3.8) is 0 Å². The van der Waals surface area contributed by atoms with Crippen LogP contribution in [0.1, 0.15) is 0 Å². The molecule has 0 heterocycles. The molecule has 0 fully saturated rings. The van der Waals surface area contributed by atoms with Gasteiger partial charge in [-0.2, -0.15) is 0 Å². The van der Waals surface area contributed by atoms with Gasteiger partial charge in [0.05, 0.1) is 0 Å². The highest BCUT2D eigenvalue weighted by atomic mass is 32.2. The fourth-order valence-electron chi connectivity index (χ4n) is 0.952. The van der Waals surface area contributed by atoms with E-state index in [-0.39, 0.29) is 0 Å². The summed E-state index contributed by atoms with van der Waals surface area (Å²) < 4.78 is 83.0. The Morgan fingerprint density at radius 1 is 1.06 bits per heavy atom. The zero-order chi connectivity index (χ0) is 13.4. The summed E-state index contributed by atoms with van der Waals surface area (Å²) in [6.07, 6.45) is 0. The molecule has 17 heavy (non-hydrogen) atoms. The van der Waals surface area contributed by atoms with Crippen molar-refractivity contribution in [2.45, 2.75) is 4.90 Å². The van der Waals surface area contributed by atoms with Gasteiger partial charge in [0, 0.05) is 4.91 Å². The molecule has 1 aromatic rings. The predicted octanol–water partition coefficient (Wildman–Crippen LogP) is 2.09. The van der Waals surface area contributed by atoms with Gasteiger partial charge in [-0.1, -0.05) is 5.11 Å². The van der Waals surface area contributed by atoms with Crippen LogP contribution in [0.25, 0.3) is 10.4 Å². The zero-order valence-corrected chi connectivity index (χ0v) is 8.30. The summed E-state index contributed by atoms with van der Waals surface area (Å²) >= 11 is 0. The summed E-state index contributed by atoms with van der Waals surface area (Å²) in [7, 11) is -5.76. The first-order valence-electron chi connectivity index (χ1n) is 3.58. The van der Waals surface area contributed by atoms with E-state index in [0.29, 0.717) is 0 Å². The van der Waals surface area contributed by atoms with Crippen LogP contribution in [0.3, 0.4) is 0 Å². The van der Waals surface area contributed by atoms with Gasteiger partial charge in [-0.25, -0.2) is 26.0 Å². The molecule has 11 heteroatoms. The van der Waals surface area contributed by atoms with Gasteiger partial charge in [-0.15, -0.1) is 0 Å². The third-order valence-corrected chi connectivity index (χ3v) is 2.45. The van der Waals surface area contributed by atoms with E-state index < -0.39 is 44.0 Å². The van der Waals surface area contributed by atoms with Crippen molar-refractivity contribution >= 4 is 15.8 Å². The monoisotopic (exact) mass is 270 g/mol. The number of benzene rings is 1. The SMILES string of the molecule is [N-]=[N+]=Nc1c(F)c(F)c(S(=O)(=O)[O-])c(F)c1F. The molecule has 0 aliphatic rings. The zero-order valence-electron chi connectivity index (χ0n) is 7.49. The Balaban J connectivity index is 3.90. The normalized spacial score (nSPS) is 11.1. The predicted molar refractivity (Wildman–Crippen MR) is 43.0 cm³/mol. The van der Waals surface area contributed by atoms with Gasteiger partial charge in [-0.3, -0.25) is 0 Å². The molecule has 0 atom stereocenters. The molecular weight excluding hydrogens is 270 g/mol. The number of nitrogens with zero attached hydrogens (tertiary/aromatic N) is 3. The third-order valence-electron chi connectivity index (χ3n) is 1.59. The van der Waals surface area contributed by atoms with E-state index in [2.05, 4.69) is 5.11 Å². The first kappa shape index (κ1) is 13.2. The van der Waals surface area contributed by atoms with Crippen LogP contribution in [0.2, 0.25) is 0 Å². The second kappa shape index (κ2) is 4.20. The molecule has 0 bridgehead atoms. The van der Waals surface area contributed by atoms with E-state index >= 15 is 0 Å². The maximum Gasteiger partial charge on any atom is 0.180 e. The van der Waals surface area contributed by atoms with E-state index in [1.807, 2.05) is 4.91 Å². The van der Waals surface area contributed by atoms with Crippen LogP contribution < -0.4 is 0 Å². The lowest BCUT2D eigenvalue weighted by atomic mass is 10.2. The Bertz CT molecular complexity index is 609. The Hall–Kier alpha value is -1.84. The van der Waals surface area contributed by atoms with E-state index in [1.165, 1.54) is 0 Å². The molecule has 0 radical (unpaired) electrons. The Labute approximate surface area is 90.9 Å². The largest absolute Gasteiger partial charge is 0.744 e. The summed E-state index contributed by atoms with van der Waals surface area (Å²) in [5.41, 5.74) is 6.18. The maximum absolute atomic E-state index is 13.0. The summed E-state index contributed by atoms with van der Waals surface area (Å²) in [5, 5.41) is 2.30. The Kier molecular flexibility index (Phi) is 3.27. The fourth-order valence-corrected chi connectivity index (χ4v) is 1.57. The molecule has 0 aliphatic carbocycles. The quantitative estimate of drug-likeness (QED) is 0.205. The Morgan fingerprint density at radius 2 is 1.47 bits per heavy atom. The molecular formula is C6F4N3O3S-. The Morgan fingerprint density at radius 3 is 1.76 bits per heavy atom. The van der Waals surface area contributed by atoms with Crippen LogP contribution in [-0.4, -0.2) is 13.0 Å². The lowest BCUT2D eigenvalue weighted by Crippen LogP contribution is -2.10. The number of hydrogen-bond donors (Lipinski definition) is 0.